The summed E-state index contributed by atoms with van der Waals surface area (Å²) in [5, 5.41) is 0. The summed E-state index contributed by atoms with van der Waals surface area (Å²) < 4.78 is 89.0. The van der Waals surface area contributed by atoms with Crippen LogP contribution in [-0.4, -0.2) is 114 Å². The number of rotatable bonds is 34. The van der Waals surface area contributed by atoms with Gasteiger partial charge in [-0.1, -0.05) is 75.7 Å². The number of esters is 4. The Morgan fingerprint density at radius 3 is 0.862 bits per heavy atom. The van der Waals surface area contributed by atoms with Crippen molar-refractivity contribution in [1.29, 1.82) is 0 Å². The first-order valence-electron chi connectivity index (χ1n) is 21.9. The Bertz CT molecular complexity index is 1870. The van der Waals surface area contributed by atoms with Gasteiger partial charge < -0.3 is 28.1 Å². The van der Waals surface area contributed by atoms with Crippen molar-refractivity contribution in [3.63, 3.8) is 0 Å². The third kappa shape index (κ3) is 27.6. The van der Waals surface area contributed by atoms with Crippen LogP contribution in [0, 0.1) is 0 Å². The normalized spacial score (nSPS) is 10.9. The summed E-state index contributed by atoms with van der Waals surface area (Å²) in [6, 6.07) is 5.96. The Morgan fingerprint density at radius 2 is 0.631 bits per heavy atom. The molecule has 0 spiro atoms. The molecule has 0 aliphatic rings. The third-order valence-electron chi connectivity index (χ3n) is 9.58. The summed E-state index contributed by atoms with van der Waals surface area (Å²) in [5.41, 5.74) is -0.825. The Balaban J connectivity index is 0.00000124. The van der Waals surface area contributed by atoms with E-state index in [1.165, 1.54) is 0 Å². The third-order valence-corrected chi connectivity index (χ3v) is 11.2. The fraction of sp³-hybridized carbons (Fsp3) is 0.500. The van der Waals surface area contributed by atoms with Crippen molar-refractivity contribution in [2.45, 2.75) is 138 Å². The summed E-state index contributed by atoms with van der Waals surface area (Å²) in [6.45, 7) is 15.3. The molecule has 0 aromatic heterocycles. The van der Waals surface area contributed by atoms with Gasteiger partial charge in [0.1, 0.15) is 20.2 Å². The molecule has 0 atom stereocenters. The van der Waals surface area contributed by atoms with Crippen molar-refractivity contribution in [1.82, 2.24) is 0 Å². The quantitative estimate of drug-likeness (QED) is 0.0159. The number of ether oxygens (including phenoxy) is 4. The van der Waals surface area contributed by atoms with Crippen LogP contribution in [0.4, 0.5) is 0 Å². The van der Waals surface area contributed by atoms with Crippen molar-refractivity contribution < 1.29 is 64.1 Å². The van der Waals surface area contributed by atoms with Crippen molar-refractivity contribution >= 4 is 81.9 Å². The first-order chi connectivity index (χ1) is 30.6. The first-order valence-corrected chi connectivity index (χ1v) is 24.8. The van der Waals surface area contributed by atoms with E-state index in [0.717, 1.165) is 139 Å². The number of carbonyl (C=O) groups is 4. The Morgan fingerprint density at radius 1 is 0.400 bits per heavy atom. The maximum absolute atomic E-state index is 12.5. The molecule has 0 heterocycles. The summed E-state index contributed by atoms with van der Waals surface area (Å²) in [6.07, 6.45) is 25.2. The van der Waals surface area contributed by atoms with Crippen LogP contribution in [0.1, 0.15) is 170 Å². The molecule has 0 radical (unpaired) electrons. The van der Waals surface area contributed by atoms with Crippen LogP contribution in [0.2, 0.25) is 0 Å². The van der Waals surface area contributed by atoms with Gasteiger partial charge in [0.15, 0.2) is 0 Å². The number of allylic oxidation sites excluding steroid dienone is 4. The van der Waals surface area contributed by atoms with Crippen LogP contribution in [-0.2, 0) is 39.2 Å². The van der Waals surface area contributed by atoms with Gasteiger partial charge in [-0.05, 0) is 113 Å². The molecule has 0 bridgehead atoms. The minimum atomic E-state index is -4.80. The van der Waals surface area contributed by atoms with Crippen LogP contribution in [0.3, 0.4) is 0 Å². The first kappa shape index (κ1) is 61.4. The second kappa shape index (κ2) is 36.5. The molecule has 0 fully saturated rings. The van der Waals surface area contributed by atoms with Crippen molar-refractivity contribution in [2.24, 2.45) is 0 Å². The maximum atomic E-state index is 12.5. The van der Waals surface area contributed by atoms with E-state index in [1.807, 2.05) is 24.3 Å². The fourth-order valence-corrected chi connectivity index (χ4v) is 6.99. The van der Waals surface area contributed by atoms with Crippen molar-refractivity contribution in [3.05, 3.63) is 109 Å². The van der Waals surface area contributed by atoms with E-state index < -0.39 is 53.9 Å². The van der Waals surface area contributed by atoms with Gasteiger partial charge in [-0.25, -0.2) is 36.0 Å². The van der Waals surface area contributed by atoms with E-state index in [9.17, 15) is 45.1 Å². The Hall–Kier alpha value is -3.64. The molecular formula is C48H66CaO14S2. The molecule has 0 saturated carbocycles. The SMILES string of the molecule is C=CCCCCCCOC(=O)c1ccc(S(=O)(=O)[O-])cc1C(=O)OCCCCCCC=C.C=CCCCCCCOC(=O)c1ccc(S(=O)(=O)[O-])cc1C(=O)OCCCCCCC=C.[Ca+2]. The van der Waals surface area contributed by atoms with Crippen LogP contribution < -0.4 is 0 Å². The van der Waals surface area contributed by atoms with E-state index in [2.05, 4.69) is 26.3 Å². The van der Waals surface area contributed by atoms with Gasteiger partial charge in [0, 0.05) is 0 Å². The van der Waals surface area contributed by atoms with Gasteiger partial charge in [0.2, 0.25) is 0 Å². The van der Waals surface area contributed by atoms with Crippen molar-refractivity contribution in [2.75, 3.05) is 26.4 Å². The van der Waals surface area contributed by atoms with Gasteiger partial charge in [-0.2, -0.15) is 0 Å². The number of unbranched alkanes of at least 4 members (excludes halogenated alkanes) is 16. The molecule has 0 amide bonds. The molecule has 0 aliphatic heterocycles. The average molecular weight is 971 g/mol. The van der Waals surface area contributed by atoms with Crippen LogP contribution >= 0.6 is 0 Å². The maximum Gasteiger partial charge on any atom is 2.00 e. The molecule has 17 heteroatoms. The van der Waals surface area contributed by atoms with Crippen molar-refractivity contribution in [3.8, 4) is 0 Å². The predicted molar refractivity (Wildman–Crippen MR) is 249 cm³/mol. The number of carbonyl (C=O) groups excluding carboxylic acids is 4. The van der Waals surface area contributed by atoms with Gasteiger partial charge in [-0.15, -0.1) is 26.3 Å². The van der Waals surface area contributed by atoms with Crippen LogP contribution in [0.15, 0.2) is 96.8 Å². The molecule has 2 aromatic carbocycles. The molecular weight excluding hydrogens is 905 g/mol. The van der Waals surface area contributed by atoms with Crippen LogP contribution in [0.25, 0.3) is 0 Å². The largest absolute Gasteiger partial charge is 2.00 e. The molecule has 14 nitrogen and oxygen atoms in total. The molecule has 0 N–H and O–H groups in total. The molecule has 2 aromatic rings. The predicted octanol–water partition coefficient (Wildman–Crippen LogP) is 9.97. The number of hydrogen-bond donors (Lipinski definition) is 0. The molecule has 0 aliphatic carbocycles. The Labute approximate surface area is 416 Å². The van der Waals surface area contributed by atoms with Gasteiger partial charge in [0.25, 0.3) is 0 Å². The topological polar surface area (TPSA) is 220 Å². The van der Waals surface area contributed by atoms with Gasteiger partial charge >= 0.3 is 61.6 Å². The molecule has 2 rings (SSSR count). The molecule has 65 heavy (non-hydrogen) atoms. The fourth-order valence-electron chi connectivity index (χ4n) is 6.00. The minimum absolute atomic E-state index is 0. The van der Waals surface area contributed by atoms with Gasteiger partial charge in [0.05, 0.1) is 58.5 Å². The molecule has 356 valence electrons. The second-order valence-electron chi connectivity index (χ2n) is 14.8. The molecule has 0 unspecified atom stereocenters. The summed E-state index contributed by atoms with van der Waals surface area (Å²) >= 11 is 0. The summed E-state index contributed by atoms with van der Waals surface area (Å²) in [7, 11) is -9.59. The zero-order valence-electron chi connectivity index (χ0n) is 37.8. The smallest absolute Gasteiger partial charge is 0.744 e. The standard InChI is InChI=1S/2C24H34O7S.Ca/c2*1-3-5-7-9-11-13-17-30-23(25)21-16-15-20(32(27,28)29)19-22(21)24(26)31-18-14-12-10-8-6-4-2;/h2*3-4,15-16,19H,1-2,5-14,17-18H2,(H,27,28,29);/q;;+2/p-2. The molecule has 0 saturated heterocycles. The monoisotopic (exact) mass is 970 g/mol. The van der Waals surface area contributed by atoms with E-state index in [0.29, 0.717) is 25.7 Å². The van der Waals surface area contributed by atoms with Gasteiger partial charge in [-0.3, -0.25) is 0 Å². The minimum Gasteiger partial charge on any atom is -0.744 e. The number of hydrogen-bond acceptors (Lipinski definition) is 14. The average Bonchev–Trinajstić information content (AvgIpc) is 3.26. The second-order valence-corrected chi connectivity index (χ2v) is 17.6. The summed E-state index contributed by atoms with van der Waals surface area (Å²) in [5.74, 6) is -3.25. The summed E-state index contributed by atoms with van der Waals surface area (Å²) in [4.78, 5) is 48.7. The van der Waals surface area contributed by atoms with E-state index in [4.69, 9.17) is 18.9 Å². The zero-order valence-corrected chi connectivity index (χ0v) is 41.7. The van der Waals surface area contributed by atoms with E-state index in [-0.39, 0.29) is 86.4 Å². The Kier molecular flexibility index (Phi) is 34.4. The van der Waals surface area contributed by atoms with E-state index in [1.54, 1.807) is 0 Å². The zero-order chi connectivity index (χ0) is 47.6. The number of benzene rings is 2. The van der Waals surface area contributed by atoms with E-state index >= 15 is 0 Å². The van der Waals surface area contributed by atoms with Crippen LogP contribution in [0.5, 0.6) is 0 Å².